The minimum Gasteiger partial charge on any atom is -0.324 e. The second kappa shape index (κ2) is 6.66. The molecule has 5 nitrogen and oxygen atoms in total. The van der Waals surface area contributed by atoms with Crippen molar-refractivity contribution in [2.75, 3.05) is 11.9 Å². The Morgan fingerprint density at radius 2 is 2.08 bits per heavy atom. The van der Waals surface area contributed by atoms with Crippen LogP contribution in [0.2, 0.25) is 0 Å². The van der Waals surface area contributed by atoms with Crippen LogP contribution in [0.3, 0.4) is 0 Å². The van der Waals surface area contributed by atoms with Crippen LogP contribution >= 0.6 is 11.3 Å². The number of nitrogens with one attached hydrogen (secondary N) is 1. The number of thiophene rings is 1. The lowest BCUT2D eigenvalue weighted by molar-refractivity contribution is -0.119. The Labute approximate surface area is 146 Å². The van der Waals surface area contributed by atoms with Gasteiger partial charge in [0.25, 0.3) is 10.0 Å². The van der Waals surface area contributed by atoms with Crippen LogP contribution in [0.25, 0.3) is 0 Å². The van der Waals surface area contributed by atoms with E-state index in [4.69, 9.17) is 0 Å². The van der Waals surface area contributed by atoms with E-state index >= 15 is 0 Å². The Hall–Kier alpha value is -1.70. The second-order valence-electron chi connectivity index (χ2n) is 6.01. The molecule has 1 aromatic heterocycles. The molecular weight excluding hydrogens is 344 g/mol. The normalized spacial score (nSPS) is 18.7. The standard InChI is InChI=1S/C17H20N2O3S2/c1-12-7-8-13(2)14(11-12)18-17(20)15-5-3-9-19(15)24(21,22)16-6-4-10-23-16/h4,6-8,10-11,15H,3,5,9H2,1-2H3,(H,18,20)/t15-/m0/s1. The zero-order chi connectivity index (χ0) is 17.3. The molecule has 128 valence electrons. The molecule has 0 radical (unpaired) electrons. The number of aryl methyl sites for hydroxylation is 2. The molecule has 0 spiro atoms. The van der Waals surface area contributed by atoms with Gasteiger partial charge in [-0.1, -0.05) is 18.2 Å². The van der Waals surface area contributed by atoms with Gasteiger partial charge in [-0.15, -0.1) is 11.3 Å². The molecule has 24 heavy (non-hydrogen) atoms. The fraction of sp³-hybridized carbons (Fsp3) is 0.353. The molecule has 1 saturated heterocycles. The van der Waals surface area contributed by atoms with Crippen molar-refractivity contribution < 1.29 is 13.2 Å². The van der Waals surface area contributed by atoms with Crippen molar-refractivity contribution in [1.82, 2.24) is 4.31 Å². The molecule has 3 rings (SSSR count). The number of carbonyl (C=O) groups excluding carboxylic acids is 1. The monoisotopic (exact) mass is 364 g/mol. The van der Waals surface area contributed by atoms with E-state index in [1.165, 1.54) is 15.6 Å². The summed E-state index contributed by atoms with van der Waals surface area (Å²) >= 11 is 1.18. The second-order valence-corrected chi connectivity index (χ2v) is 9.08. The minimum absolute atomic E-state index is 0.263. The number of carbonyl (C=O) groups is 1. The SMILES string of the molecule is Cc1ccc(C)c(NC(=O)[C@@H]2CCCN2S(=O)(=O)c2cccs2)c1. The molecule has 1 aliphatic rings. The number of amides is 1. The molecule has 1 N–H and O–H groups in total. The van der Waals surface area contributed by atoms with Gasteiger partial charge >= 0.3 is 0 Å². The summed E-state index contributed by atoms with van der Waals surface area (Å²) in [5.41, 5.74) is 2.74. The highest BCUT2D eigenvalue weighted by molar-refractivity contribution is 7.91. The Morgan fingerprint density at radius 3 is 2.79 bits per heavy atom. The third kappa shape index (κ3) is 3.24. The molecule has 2 heterocycles. The first-order valence-corrected chi connectivity index (χ1v) is 10.1. The van der Waals surface area contributed by atoms with E-state index in [1.54, 1.807) is 17.5 Å². The van der Waals surface area contributed by atoms with Gasteiger partial charge < -0.3 is 5.32 Å². The van der Waals surface area contributed by atoms with Crippen LogP contribution in [0.4, 0.5) is 5.69 Å². The lowest BCUT2D eigenvalue weighted by Crippen LogP contribution is -2.42. The molecule has 1 amide bonds. The Bertz CT molecular complexity index is 845. The summed E-state index contributed by atoms with van der Waals surface area (Å²) in [6.45, 7) is 4.26. The third-order valence-electron chi connectivity index (χ3n) is 4.22. The summed E-state index contributed by atoms with van der Waals surface area (Å²) < 4.78 is 27.1. The van der Waals surface area contributed by atoms with Crippen molar-refractivity contribution in [1.29, 1.82) is 0 Å². The smallest absolute Gasteiger partial charge is 0.253 e. The lowest BCUT2D eigenvalue weighted by Gasteiger charge is -2.23. The molecule has 1 aromatic carbocycles. The fourth-order valence-electron chi connectivity index (χ4n) is 2.90. The van der Waals surface area contributed by atoms with E-state index in [-0.39, 0.29) is 10.1 Å². The van der Waals surface area contributed by atoms with E-state index in [1.807, 2.05) is 32.0 Å². The van der Waals surface area contributed by atoms with Crippen LogP contribution in [0.1, 0.15) is 24.0 Å². The number of nitrogens with zero attached hydrogens (tertiary/aromatic N) is 1. The topological polar surface area (TPSA) is 66.5 Å². The number of sulfonamides is 1. The summed E-state index contributed by atoms with van der Waals surface area (Å²) in [7, 11) is -3.61. The maximum atomic E-state index is 12.7. The van der Waals surface area contributed by atoms with Gasteiger partial charge in [0.1, 0.15) is 10.3 Å². The zero-order valence-electron chi connectivity index (χ0n) is 13.7. The minimum atomic E-state index is -3.61. The average Bonchev–Trinajstić information content (AvgIpc) is 3.21. The number of hydrogen-bond acceptors (Lipinski definition) is 4. The first-order valence-electron chi connectivity index (χ1n) is 7.83. The maximum absolute atomic E-state index is 12.7. The first kappa shape index (κ1) is 17.1. The van der Waals surface area contributed by atoms with Crippen LogP contribution < -0.4 is 5.32 Å². The van der Waals surface area contributed by atoms with E-state index < -0.39 is 16.1 Å². The molecule has 0 saturated carbocycles. The van der Waals surface area contributed by atoms with Gasteiger partial charge in [-0.25, -0.2) is 8.42 Å². The van der Waals surface area contributed by atoms with Crippen molar-refractivity contribution >= 4 is 33.0 Å². The third-order valence-corrected chi connectivity index (χ3v) is 7.50. The van der Waals surface area contributed by atoms with Crippen molar-refractivity contribution in [2.45, 2.75) is 36.9 Å². The average molecular weight is 364 g/mol. The lowest BCUT2D eigenvalue weighted by atomic mass is 10.1. The summed E-state index contributed by atoms with van der Waals surface area (Å²) in [6.07, 6.45) is 1.23. The summed E-state index contributed by atoms with van der Waals surface area (Å²) in [5.74, 6) is -0.263. The van der Waals surface area contributed by atoms with Crippen molar-refractivity contribution in [2.24, 2.45) is 0 Å². The maximum Gasteiger partial charge on any atom is 0.253 e. The van der Waals surface area contributed by atoms with Gasteiger partial charge in [0.2, 0.25) is 5.91 Å². The van der Waals surface area contributed by atoms with Gasteiger partial charge in [0.15, 0.2) is 0 Å². The molecule has 1 fully saturated rings. The van der Waals surface area contributed by atoms with E-state index in [0.29, 0.717) is 19.4 Å². The molecule has 0 bridgehead atoms. The predicted octanol–water partition coefficient (Wildman–Crippen LogP) is 3.16. The molecule has 0 aliphatic carbocycles. The molecule has 7 heteroatoms. The quantitative estimate of drug-likeness (QED) is 0.906. The summed E-state index contributed by atoms with van der Waals surface area (Å²) in [4.78, 5) is 12.7. The van der Waals surface area contributed by atoms with Gasteiger partial charge in [0.05, 0.1) is 0 Å². The van der Waals surface area contributed by atoms with E-state index in [2.05, 4.69) is 5.32 Å². The number of rotatable bonds is 4. The highest BCUT2D eigenvalue weighted by atomic mass is 32.2. The molecule has 1 aliphatic heterocycles. The van der Waals surface area contributed by atoms with Crippen LogP contribution in [0, 0.1) is 13.8 Å². The Morgan fingerprint density at radius 1 is 1.29 bits per heavy atom. The van der Waals surface area contributed by atoms with Crippen LogP contribution in [-0.4, -0.2) is 31.2 Å². The van der Waals surface area contributed by atoms with Crippen LogP contribution in [0.15, 0.2) is 39.9 Å². The molecule has 0 unspecified atom stereocenters. The van der Waals surface area contributed by atoms with Crippen LogP contribution in [0.5, 0.6) is 0 Å². The van der Waals surface area contributed by atoms with Gasteiger partial charge in [-0.05, 0) is 55.3 Å². The molecule has 2 aromatic rings. The van der Waals surface area contributed by atoms with E-state index in [0.717, 1.165) is 16.8 Å². The number of benzene rings is 1. The van der Waals surface area contributed by atoms with Crippen molar-refractivity contribution in [3.05, 3.63) is 46.8 Å². The zero-order valence-corrected chi connectivity index (χ0v) is 15.3. The van der Waals surface area contributed by atoms with Crippen molar-refractivity contribution in [3.8, 4) is 0 Å². The van der Waals surface area contributed by atoms with Crippen molar-refractivity contribution in [3.63, 3.8) is 0 Å². The van der Waals surface area contributed by atoms with Crippen LogP contribution in [-0.2, 0) is 14.8 Å². The van der Waals surface area contributed by atoms with Gasteiger partial charge in [-0.3, -0.25) is 4.79 Å². The molecular formula is C17H20N2O3S2. The number of anilines is 1. The fourth-order valence-corrected chi connectivity index (χ4v) is 5.68. The van der Waals surface area contributed by atoms with Gasteiger partial charge in [-0.2, -0.15) is 4.31 Å². The highest BCUT2D eigenvalue weighted by Gasteiger charge is 2.39. The molecule has 1 atom stereocenters. The largest absolute Gasteiger partial charge is 0.324 e. The predicted molar refractivity (Wildman–Crippen MR) is 95.8 cm³/mol. The Balaban J connectivity index is 1.83. The van der Waals surface area contributed by atoms with Gasteiger partial charge in [0, 0.05) is 12.2 Å². The first-order chi connectivity index (χ1) is 11.4. The number of hydrogen-bond donors (Lipinski definition) is 1. The Kier molecular flexibility index (Phi) is 4.76. The van der Waals surface area contributed by atoms with E-state index in [9.17, 15) is 13.2 Å². The summed E-state index contributed by atoms with van der Waals surface area (Å²) in [6, 6.07) is 8.46. The highest BCUT2D eigenvalue weighted by Crippen LogP contribution is 2.29. The summed E-state index contributed by atoms with van der Waals surface area (Å²) in [5, 5.41) is 4.63.